The summed E-state index contributed by atoms with van der Waals surface area (Å²) in [5.41, 5.74) is 0. The summed E-state index contributed by atoms with van der Waals surface area (Å²) in [6, 6.07) is 3.27. The lowest BCUT2D eigenvalue weighted by Gasteiger charge is -2.05. The first-order valence-corrected chi connectivity index (χ1v) is 6.44. The molecular weight excluding hydrogens is 284 g/mol. The van der Waals surface area contributed by atoms with Crippen molar-refractivity contribution in [1.82, 2.24) is 0 Å². The molecule has 0 N–H and O–H groups in total. The summed E-state index contributed by atoms with van der Waals surface area (Å²) in [6.45, 7) is 0. The SMILES string of the molecule is O=S(=O)(c1cc(F)cc(F)c1)c1cc(F)cc(F)c1. The van der Waals surface area contributed by atoms with Crippen molar-refractivity contribution < 1.29 is 26.0 Å². The van der Waals surface area contributed by atoms with E-state index in [2.05, 4.69) is 0 Å². The zero-order chi connectivity index (χ0) is 14.2. The number of hydrogen-bond acceptors (Lipinski definition) is 2. The van der Waals surface area contributed by atoms with Crippen molar-refractivity contribution in [3.05, 3.63) is 59.7 Å². The molecule has 2 nitrogen and oxygen atoms in total. The summed E-state index contributed by atoms with van der Waals surface area (Å²) in [4.78, 5) is -1.43. The third kappa shape index (κ3) is 2.76. The lowest BCUT2D eigenvalue weighted by Crippen LogP contribution is -2.04. The molecule has 0 aromatic heterocycles. The van der Waals surface area contributed by atoms with Crippen LogP contribution in [0, 0.1) is 23.3 Å². The van der Waals surface area contributed by atoms with Crippen molar-refractivity contribution in [2.75, 3.05) is 0 Å². The molecule has 0 unspecified atom stereocenters. The van der Waals surface area contributed by atoms with Gasteiger partial charge in [0.2, 0.25) is 9.84 Å². The van der Waals surface area contributed by atoms with E-state index in [0.29, 0.717) is 36.4 Å². The standard InChI is InChI=1S/C12H6F4O2S/c13-7-1-8(14)4-11(3-7)19(17,18)12-5-9(15)2-10(16)6-12/h1-6H. The Morgan fingerprint density at radius 1 is 0.579 bits per heavy atom. The number of sulfone groups is 1. The molecule has 0 spiro atoms. The highest BCUT2D eigenvalue weighted by Gasteiger charge is 2.21. The Hall–Kier alpha value is -1.89. The predicted molar refractivity (Wildman–Crippen MR) is 58.2 cm³/mol. The van der Waals surface area contributed by atoms with Gasteiger partial charge in [0, 0.05) is 12.1 Å². The Labute approximate surface area is 106 Å². The zero-order valence-electron chi connectivity index (χ0n) is 9.20. The molecular formula is C12H6F4O2S. The van der Waals surface area contributed by atoms with Crippen molar-refractivity contribution in [3.8, 4) is 0 Å². The number of rotatable bonds is 2. The van der Waals surface area contributed by atoms with E-state index in [1.54, 1.807) is 0 Å². The first-order chi connectivity index (χ1) is 8.79. The fraction of sp³-hybridized carbons (Fsp3) is 0. The molecule has 2 rings (SSSR count). The molecule has 0 bridgehead atoms. The molecule has 2 aromatic carbocycles. The van der Waals surface area contributed by atoms with E-state index in [-0.39, 0.29) is 0 Å². The van der Waals surface area contributed by atoms with E-state index in [1.807, 2.05) is 0 Å². The minimum absolute atomic E-state index is 0.491. The summed E-state index contributed by atoms with van der Waals surface area (Å²) in [6.07, 6.45) is 0. The number of halogens is 4. The maximum atomic E-state index is 13.0. The van der Waals surface area contributed by atoms with Crippen molar-refractivity contribution in [1.29, 1.82) is 0 Å². The van der Waals surface area contributed by atoms with Crippen LogP contribution in [0.1, 0.15) is 0 Å². The van der Waals surface area contributed by atoms with Crippen LogP contribution in [0.5, 0.6) is 0 Å². The van der Waals surface area contributed by atoms with Gasteiger partial charge in [0.05, 0.1) is 9.79 Å². The Morgan fingerprint density at radius 2 is 0.842 bits per heavy atom. The number of benzene rings is 2. The van der Waals surface area contributed by atoms with Crippen molar-refractivity contribution in [2.24, 2.45) is 0 Å². The second-order valence-electron chi connectivity index (χ2n) is 3.71. The molecule has 0 amide bonds. The lowest BCUT2D eigenvalue weighted by atomic mass is 10.3. The summed E-state index contributed by atoms with van der Waals surface area (Å²) in [7, 11) is -4.39. The van der Waals surface area contributed by atoms with E-state index in [4.69, 9.17) is 0 Å². The Bertz CT molecular complexity index is 643. The molecule has 0 saturated carbocycles. The van der Waals surface area contributed by atoms with Gasteiger partial charge in [0.1, 0.15) is 23.3 Å². The fourth-order valence-electron chi connectivity index (χ4n) is 1.50. The van der Waals surface area contributed by atoms with E-state index in [9.17, 15) is 26.0 Å². The van der Waals surface area contributed by atoms with Crippen LogP contribution in [-0.2, 0) is 9.84 Å². The van der Waals surface area contributed by atoms with E-state index < -0.39 is 42.9 Å². The van der Waals surface area contributed by atoms with Crippen molar-refractivity contribution in [2.45, 2.75) is 9.79 Å². The lowest BCUT2D eigenvalue weighted by molar-refractivity contribution is 0.560. The Morgan fingerprint density at radius 3 is 1.11 bits per heavy atom. The van der Waals surface area contributed by atoms with Gasteiger partial charge in [-0.2, -0.15) is 0 Å². The van der Waals surface area contributed by atoms with Gasteiger partial charge in [-0.3, -0.25) is 0 Å². The molecule has 7 heteroatoms. The van der Waals surface area contributed by atoms with Gasteiger partial charge in [0.15, 0.2) is 0 Å². The highest BCUT2D eigenvalue weighted by molar-refractivity contribution is 7.91. The molecule has 0 radical (unpaired) electrons. The first kappa shape index (κ1) is 13.5. The van der Waals surface area contributed by atoms with Crippen LogP contribution < -0.4 is 0 Å². The second kappa shape index (κ2) is 4.65. The van der Waals surface area contributed by atoms with Gasteiger partial charge < -0.3 is 0 Å². The van der Waals surface area contributed by atoms with Gasteiger partial charge in [0.25, 0.3) is 0 Å². The van der Waals surface area contributed by atoms with E-state index in [1.165, 1.54) is 0 Å². The smallest absolute Gasteiger partial charge is 0.207 e. The minimum Gasteiger partial charge on any atom is -0.219 e. The molecule has 19 heavy (non-hydrogen) atoms. The molecule has 0 saturated heterocycles. The second-order valence-corrected chi connectivity index (χ2v) is 5.66. The average molecular weight is 290 g/mol. The largest absolute Gasteiger partial charge is 0.219 e. The van der Waals surface area contributed by atoms with Crippen LogP contribution in [0.15, 0.2) is 46.2 Å². The quantitative estimate of drug-likeness (QED) is 0.797. The molecule has 100 valence electrons. The molecule has 0 aliphatic rings. The van der Waals surface area contributed by atoms with Gasteiger partial charge in [-0.25, -0.2) is 26.0 Å². The molecule has 0 heterocycles. The summed E-state index contributed by atoms with van der Waals surface area (Å²) in [5.74, 6) is -4.41. The van der Waals surface area contributed by atoms with E-state index >= 15 is 0 Å². The first-order valence-electron chi connectivity index (χ1n) is 4.96. The molecule has 0 fully saturated rings. The summed E-state index contributed by atoms with van der Waals surface area (Å²) < 4.78 is 75.9. The average Bonchev–Trinajstić information content (AvgIpc) is 2.26. The van der Waals surface area contributed by atoms with Crippen LogP contribution in [0.25, 0.3) is 0 Å². The highest BCUT2D eigenvalue weighted by Crippen LogP contribution is 2.23. The molecule has 0 aliphatic heterocycles. The van der Waals surface area contributed by atoms with Crippen LogP contribution in [0.3, 0.4) is 0 Å². The normalized spacial score (nSPS) is 11.6. The predicted octanol–water partition coefficient (Wildman–Crippen LogP) is 3.08. The fourth-order valence-corrected chi connectivity index (χ4v) is 2.85. The van der Waals surface area contributed by atoms with Crippen molar-refractivity contribution >= 4 is 9.84 Å². The maximum Gasteiger partial charge on any atom is 0.207 e. The van der Waals surface area contributed by atoms with Gasteiger partial charge in [-0.1, -0.05) is 0 Å². The molecule has 2 aromatic rings. The Kier molecular flexibility index (Phi) is 3.32. The summed E-state index contributed by atoms with van der Waals surface area (Å²) >= 11 is 0. The Balaban J connectivity index is 2.65. The van der Waals surface area contributed by atoms with Crippen LogP contribution in [0.2, 0.25) is 0 Å². The summed E-state index contributed by atoms with van der Waals surface area (Å²) in [5, 5.41) is 0. The van der Waals surface area contributed by atoms with Gasteiger partial charge in [-0.15, -0.1) is 0 Å². The van der Waals surface area contributed by atoms with Crippen LogP contribution >= 0.6 is 0 Å². The monoisotopic (exact) mass is 290 g/mol. The zero-order valence-corrected chi connectivity index (χ0v) is 10.0. The van der Waals surface area contributed by atoms with Crippen LogP contribution in [0.4, 0.5) is 17.6 Å². The van der Waals surface area contributed by atoms with Crippen molar-refractivity contribution in [3.63, 3.8) is 0 Å². The highest BCUT2D eigenvalue weighted by atomic mass is 32.2. The van der Waals surface area contributed by atoms with E-state index in [0.717, 1.165) is 0 Å². The minimum atomic E-state index is -4.39. The molecule has 0 atom stereocenters. The van der Waals surface area contributed by atoms with Gasteiger partial charge >= 0.3 is 0 Å². The third-order valence-electron chi connectivity index (χ3n) is 2.29. The number of hydrogen-bond donors (Lipinski definition) is 0. The third-order valence-corrected chi connectivity index (χ3v) is 4.01. The topological polar surface area (TPSA) is 34.1 Å². The van der Waals surface area contributed by atoms with Gasteiger partial charge in [-0.05, 0) is 24.3 Å². The molecule has 0 aliphatic carbocycles. The maximum absolute atomic E-state index is 13.0. The van der Waals surface area contributed by atoms with Crippen LogP contribution in [-0.4, -0.2) is 8.42 Å².